The fraction of sp³-hybridized carbons (Fsp3) is 0.629. The first kappa shape index (κ1) is 33.8. The molecule has 1 aromatic carbocycles. The summed E-state index contributed by atoms with van der Waals surface area (Å²) in [7, 11) is 0. The van der Waals surface area contributed by atoms with Crippen molar-refractivity contribution in [1.82, 2.24) is 20.1 Å². The van der Waals surface area contributed by atoms with E-state index in [0.29, 0.717) is 44.9 Å². The maximum Gasteiger partial charge on any atom is 0.410 e. The van der Waals surface area contributed by atoms with Gasteiger partial charge in [-0.1, -0.05) is 18.0 Å². The Hall–Kier alpha value is -3.09. The molecule has 256 valence electrons. The highest BCUT2D eigenvalue weighted by Gasteiger charge is 2.50. The highest BCUT2D eigenvalue weighted by Crippen LogP contribution is 2.47. The van der Waals surface area contributed by atoms with Crippen molar-refractivity contribution < 1.29 is 32.2 Å². The van der Waals surface area contributed by atoms with Gasteiger partial charge in [-0.05, 0) is 87.6 Å². The zero-order valence-electron chi connectivity index (χ0n) is 27.4. The van der Waals surface area contributed by atoms with E-state index in [9.17, 15) is 22.7 Å². The number of hydrogen-bond donors (Lipinski definition) is 1. The number of amides is 2. The number of benzene rings is 1. The Labute approximate surface area is 279 Å². The lowest BCUT2D eigenvalue weighted by Crippen LogP contribution is -2.49. The monoisotopic (exact) mass is 669 g/mol. The number of nitrogens with zero attached hydrogens (tertiary/aromatic N) is 3. The van der Waals surface area contributed by atoms with Crippen LogP contribution in [-0.2, 0) is 27.2 Å². The first-order valence-corrected chi connectivity index (χ1v) is 18.3. The third kappa shape index (κ3) is 7.81. The van der Waals surface area contributed by atoms with Crippen molar-refractivity contribution >= 4 is 23.1 Å². The number of nitrogens with one attached hydrogen (secondary N) is 1. The van der Waals surface area contributed by atoms with Crippen LogP contribution in [-0.4, -0.2) is 85.7 Å². The van der Waals surface area contributed by atoms with Crippen molar-refractivity contribution in [3.8, 4) is 17.0 Å². The number of aromatic nitrogens is 1. The Morgan fingerprint density at radius 2 is 1.91 bits per heavy atom. The lowest BCUT2D eigenvalue weighted by atomic mass is 9.73. The summed E-state index contributed by atoms with van der Waals surface area (Å²) in [6, 6.07) is 7.57. The Kier molecular flexibility index (Phi) is 10.2. The van der Waals surface area contributed by atoms with E-state index in [1.165, 1.54) is 17.8 Å². The lowest BCUT2D eigenvalue weighted by Gasteiger charge is -2.40. The van der Waals surface area contributed by atoms with E-state index in [4.69, 9.17) is 9.47 Å². The fourth-order valence-electron chi connectivity index (χ4n) is 7.48. The molecular formula is C35H46FN4O6S-. The second kappa shape index (κ2) is 14.2. The second-order valence-electron chi connectivity index (χ2n) is 14.0. The molecule has 1 unspecified atom stereocenters. The minimum Gasteiger partial charge on any atom is -0.772 e. The predicted molar refractivity (Wildman–Crippen MR) is 175 cm³/mol. The highest BCUT2D eigenvalue weighted by molar-refractivity contribution is 7.79. The van der Waals surface area contributed by atoms with Gasteiger partial charge in [0.05, 0.1) is 25.0 Å². The summed E-state index contributed by atoms with van der Waals surface area (Å²) >= 11 is -2.10. The van der Waals surface area contributed by atoms with Gasteiger partial charge >= 0.3 is 6.09 Å². The SMILES string of the molecule is CCOc1cc(-c2ccc(F)cn2)c(C2CC2)cc1CN1CCC2(CC1)CN(C1CCC(C)(C(=O)NCCCS(=O)[O-])CC1)C(=O)O2. The molecule has 1 aromatic heterocycles. The van der Waals surface area contributed by atoms with Crippen molar-refractivity contribution in [1.29, 1.82) is 0 Å². The number of carbonyl (C=O) groups is 2. The molecule has 6 rings (SSSR count). The molecule has 2 saturated carbocycles. The number of ether oxygens (including phenoxy) is 2. The number of carbonyl (C=O) groups excluding carboxylic acids is 2. The molecule has 0 bridgehead atoms. The first-order valence-electron chi connectivity index (χ1n) is 17.1. The molecule has 3 heterocycles. The van der Waals surface area contributed by atoms with E-state index in [-0.39, 0.29) is 29.6 Å². The van der Waals surface area contributed by atoms with Crippen molar-refractivity contribution in [3.05, 3.63) is 47.4 Å². The number of piperidine rings is 1. The van der Waals surface area contributed by atoms with Gasteiger partial charge in [-0.3, -0.25) is 18.9 Å². The average Bonchev–Trinajstić information content (AvgIpc) is 3.85. The van der Waals surface area contributed by atoms with Crippen LogP contribution in [0.2, 0.25) is 0 Å². The molecule has 2 saturated heterocycles. The molecule has 0 radical (unpaired) electrons. The summed E-state index contributed by atoms with van der Waals surface area (Å²) in [5.74, 6) is 0.951. The van der Waals surface area contributed by atoms with Crippen LogP contribution in [0.4, 0.5) is 9.18 Å². The summed E-state index contributed by atoms with van der Waals surface area (Å²) in [4.78, 5) is 34.7. The quantitative estimate of drug-likeness (QED) is 0.239. The summed E-state index contributed by atoms with van der Waals surface area (Å²) in [5.41, 5.74) is 3.13. The van der Waals surface area contributed by atoms with E-state index >= 15 is 0 Å². The van der Waals surface area contributed by atoms with E-state index in [1.54, 1.807) is 6.07 Å². The number of halogens is 1. The molecule has 47 heavy (non-hydrogen) atoms. The van der Waals surface area contributed by atoms with Gasteiger partial charge in [-0.15, -0.1) is 0 Å². The molecule has 4 aliphatic rings. The van der Waals surface area contributed by atoms with Crippen LogP contribution in [0.3, 0.4) is 0 Å². The molecule has 2 aromatic rings. The van der Waals surface area contributed by atoms with Crippen LogP contribution in [0.1, 0.15) is 88.7 Å². The molecule has 12 heteroatoms. The third-order valence-electron chi connectivity index (χ3n) is 10.5. The fourth-order valence-corrected chi connectivity index (χ4v) is 7.86. The van der Waals surface area contributed by atoms with Gasteiger partial charge < -0.3 is 24.2 Å². The van der Waals surface area contributed by atoms with Gasteiger partial charge in [0.1, 0.15) is 17.2 Å². The van der Waals surface area contributed by atoms with E-state index in [1.807, 2.05) is 18.7 Å². The zero-order chi connectivity index (χ0) is 33.2. The standard InChI is InChI=1S/C35H47FN4O6S/c1-3-45-31-20-29(30-8-7-26(36)21-38-30)28(24-5-6-24)19-25(31)22-39-16-13-35(14-17-39)23-40(33(42)46-35)27-9-11-34(2,12-10-27)32(41)37-15-4-18-47(43)44/h7-8,19-21,24,27H,3-6,9-18,22-23H2,1-2H3,(H,37,41)(H,43,44)/p-1. The molecular weight excluding hydrogens is 623 g/mol. The Bertz CT molecular complexity index is 1470. The smallest absolute Gasteiger partial charge is 0.410 e. The van der Waals surface area contributed by atoms with Gasteiger partial charge in [-0.25, -0.2) is 9.18 Å². The minimum atomic E-state index is -2.10. The van der Waals surface area contributed by atoms with Crippen LogP contribution >= 0.6 is 0 Å². The minimum absolute atomic E-state index is 0.0369. The topological polar surface area (TPSA) is 124 Å². The largest absolute Gasteiger partial charge is 0.772 e. The van der Waals surface area contributed by atoms with E-state index in [2.05, 4.69) is 27.3 Å². The summed E-state index contributed by atoms with van der Waals surface area (Å²) in [5, 5.41) is 2.90. The normalized spacial score (nSPS) is 25.1. The van der Waals surface area contributed by atoms with Crippen molar-refractivity contribution in [2.75, 3.05) is 38.5 Å². The Balaban J connectivity index is 1.05. The molecule has 2 aliphatic carbocycles. The highest BCUT2D eigenvalue weighted by atomic mass is 32.2. The van der Waals surface area contributed by atoms with Crippen LogP contribution in [0.15, 0.2) is 30.5 Å². The molecule has 1 atom stereocenters. The molecule has 1 spiro atoms. The predicted octanol–water partition coefficient (Wildman–Crippen LogP) is 5.28. The van der Waals surface area contributed by atoms with Crippen LogP contribution in [0.5, 0.6) is 5.75 Å². The van der Waals surface area contributed by atoms with Gasteiger partial charge in [0.25, 0.3) is 0 Å². The number of likely N-dealkylation sites (tertiary alicyclic amines) is 1. The van der Waals surface area contributed by atoms with E-state index < -0.39 is 22.1 Å². The molecule has 2 amide bonds. The molecule has 1 N–H and O–H groups in total. The van der Waals surface area contributed by atoms with Gasteiger partial charge in [-0.2, -0.15) is 0 Å². The van der Waals surface area contributed by atoms with Gasteiger partial charge in [0, 0.05) is 67.4 Å². The number of pyridine rings is 1. The average molecular weight is 670 g/mol. The maximum absolute atomic E-state index is 13.6. The van der Waals surface area contributed by atoms with Gasteiger partial charge in [0.15, 0.2) is 0 Å². The maximum atomic E-state index is 13.6. The molecule has 10 nitrogen and oxygen atoms in total. The van der Waals surface area contributed by atoms with Crippen molar-refractivity contribution in [2.45, 2.75) is 95.7 Å². The Morgan fingerprint density at radius 3 is 2.55 bits per heavy atom. The van der Waals surface area contributed by atoms with Crippen molar-refractivity contribution in [2.24, 2.45) is 5.41 Å². The zero-order valence-corrected chi connectivity index (χ0v) is 28.2. The van der Waals surface area contributed by atoms with Crippen LogP contribution in [0.25, 0.3) is 11.3 Å². The van der Waals surface area contributed by atoms with E-state index in [0.717, 1.165) is 80.7 Å². The number of rotatable bonds is 12. The van der Waals surface area contributed by atoms with Gasteiger partial charge in [0.2, 0.25) is 5.91 Å². The summed E-state index contributed by atoms with van der Waals surface area (Å²) in [6.07, 6.45) is 8.01. The van der Waals surface area contributed by atoms with Crippen molar-refractivity contribution in [3.63, 3.8) is 0 Å². The summed E-state index contributed by atoms with van der Waals surface area (Å²) < 4.78 is 47.3. The lowest BCUT2D eigenvalue weighted by molar-refractivity contribution is -0.132. The van der Waals surface area contributed by atoms with Crippen LogP contribution in [0, 0.1) is 11.2 Å². The second-order valence-corrected chi connectivity index (χ2v) is 15.0. The summed E-state index contributed by atoms with van der Waals surface area (Å²) in [6.45, 7) is 7.74. The van der Waals surface area contributed by atoms with Crippen LogP contribution < -0.4 is 10.1 Å². The Morgan fingerprint density at radius 1 is 1.17 bits per heavy atom. The first-order chi connectivity index (χ1) is 22.6. The molecule has 4 fully saturated rings. The molecule has 2 aliphatic heterocycles. The number of hydrogen-bond acceptors (Lipinski definition) is 8. The third-order valence-corrected chi connectivity index (χ3v) is 11.2.